The zero-order valence-electron chi connectivity index (χ0n) is 14.8. The fourth-order valence-corrected chi connectivity index (χ4v) is 3.57. The van der Waals surface area contributed by atoms with Crippen LogP contribution in [0.3, 0.4) is 0 Å². The van der Waals surface area contributed by atoms with Gasteiger partial charge in [-0.15, -0.1) is 10.2 Å². The van der Waals surface area contributed by atoms with Crippen LogP contribution in [0.15, 0.2) is 30.3 Å². The first-order valence-electron chi connectivity index (χ1n) is 8.88. The Morgan fingerprint density at radius 1 is 1.11 bits per heavy atom. The summed E-state index contributed by atoms with van der Waals surface area (Å²) in [6.07, 6.45) is 3.97. The number of carbonyl (C=O) groups is 1. The number of benzene rings is 1. The van der Waals surface area contributed by atoms with Crippen molar-refractivity contribution >= 4 is 34.8 Å². The van der Waals surface area contributed by atoms with E-state index < -0.39 is 11.7 Å². The molecule has 28 heavy (non-hydrogen) atoms. The molecule has 0 radical (unpaired) electrons. The van der Waals surface area contributed by atoms with Crippen molar-refractivity contribution in [3.63, 3.8) is 0 Å². The van der Waals surface area contributed by atoms with E-state index in [0.717, 1.165) is 38.1 Å². The number of rotatable bonds is 3. The number of pyridine rings is 1. The maximum Gasteiger partial charge on any atom is 0.275 e. The summed E-state index contributed by atoms with van der Waals surface area (Å²) in [5.41, 5.74) is 0.671. The number of halogens is 3. The highest BCUT2D eigenvalue weighted by molar-refractivity contribution is 6.35. The van der Waals surface area contributed by atoms with Crippen molar-refractivity contribution in [3.05, 3.63) is 57.8 Å². The van der Waals surface area contributed by atoms with E-state index in [-0.39, 0.29) is 21.4 Å². The smallest absolute Gasteiger partial charge is 0.275 e. The lowest BCUT2D eigenvalue weighted by atomic mass is 10.1. The van der Waals surface area contributed by atoms with Gasteiger partial charge in [-0.25, -0.2) is 9.37 Å². The number of amides is 1. The van der Waals surface area contributed by atoms with Crippen molar-refractivity contribution in [2.75, 3.05) is 5.32 Å². The summed E-state index contributed by atoms with van der Waals surface area (Å²) in [4.78, 5) is 16.5. The van der Waals surface area contributed by atoms with Gasteiger partial charge >= 0.3 is 0 Å². The van der Waals surface area contributed by atoms with E-state index in [2.05, 4.69) is 20.5 Å². The summed E-state index contributed by atoms with van der Waals surface area (Å²) >= 11 is 11.9. The van der Waals surface area contributed by atoms with Gasteiger partial charge in [0, 0.05) is 18.7 Å². The van der Waals surface area contributed by atoms with Gasteiger partial charge < -0.3 is 9.88 Å². The van der Waals surface area contributed by atoms with Crippen LogP contribution in [0.4, 0.5) is 10.1 Å². The molecule has 0 unspecified atom stereocenters. The average molecular weight is 420 g/mol. The quantitative estimate of drug-likeness (QED) is 0.620. The fraction of sp³-hybridized carbons (Fsp3) is 0.263. The summed E-state index contributed by atoms with van der Waals surface area (Å²) in [5.74, 6) is 0.349. The average Bonchev–Trinajstić information content (AvgIpc) is 2.93. The molecule has 0 saturated heterocycles. The van der Waals surface area contributed by atoms with Crippen LogP contribution in [0, 0.1) is 5.82 Å². The van der Waals surface area contributed by atoms with Crippen molar-refractivity contribution in [1.29, 1.82) is 0 Å². The normalized spacial score (nSPS) is 13.7. The number of hydrogen-bond donors (Lipinski definition) is 1. The van der Waals surface area contributed by atoms with Crippen LogP contribution in [0.2, 0.25) is 10.2 Å². The van der Waals surface area contributed by atoms with Crippen LogP contribution >= 0.6 is 23.2 Å². The van der Waals surface area contributed by atoms with E-state index in [1.54, 1.807) is 0 Å². The first-order valence-corrected chi connectivity index (χ1v) is 9.64. The second kappa shape index (κ2) is 7.85. The molecule has 1 aliphatic rings. The second-order valence-electron chi connectivity index (χ2n) is 6.52. The lowest BCUT2D eigenvalue weighted by Crippen LogP contribution is -2.14. The molecule has 9 heteroatoms. The molecule has 0 fully saturated rings. The lowest BCUT2D eigenvalue weighted by Gasteiger charge is -2.11. The molecule has 4 rings (SSSR count). The number of carbonyl (C=O) groups excluding carboxylic acids is 1. The molecular weight excluding hydrogens is 404 g/mol. The van der Waals surface area contributed by atoms with E-state index in [9.17, 15) is 9.18 Å². The maximum absolute atomic E-state index is 14.5. The topological polar surface area (TPSA) is 72.7 Å². The van der Waals surface area contributed by atoms with Gasteiger partial charge in [-0.1, -0.05) is 29.6 Å². The lowest BCUT2D eigenvalue weighted by molar-refractivity contribution is 0.102. The Bertz CT molecular complexity index is 1050. The molecule has 144 valence electrons. The van der Waals surface area contributed by atoms with Gasteiger partial charge in [0.05, 0.1) is 10.6 Å². The van der Waals surface area contributed by atoms with E-state index >= 15 is 0 Å². The number of anilines is 1. The molecule has 2 aromatic heterocycles. The Balaban J connectivity index is 1.66. The van der Waals surface area contributed by atoms with Crippen molar-refractivity contribution in [2.45, 2.75) is 32.2 Å². The van der Waals surface area contributed by atoms with Crippen LogP contribution in [0.1, 0.15) is 35.6 Å². The summed E-state index contributed by atoms with van der Waals surface area (Å²) in [6, 6.07) is 7.28. The third-order valence-corrected chi connectivity index (χ3v) is 5.12. The minimum Gasteiger partial charge on any atom is -0.321 e. The SMILES string of the molecule is O=C(Nc1ccc(F)c(-c2nnc3n2CCCCC3)c1)c1nc(Cl)ccc1Cl. The third kappa shape index (κ3) is 3.72. The van der Waals surface area contributed by atoms with Crippen molar-refractivity contribution < 1.29 is 9.18 Å². The van der Waals surface area contributed by atoms with Gasteiger partial charge in [0.1, 0.15) is 22.5 Å². The zero-order chi connectivity index (χ0) is 19.7. The third-order valence-electron chi connectivity index (χ3n) is 4.60. The van der Waals surface area contributed by atoms with Gasteiger partial charge in [0.2, 0.25) is 0 Å². The Hall–Kier alpha value is -2.51. The van der Waals surface area contributed by atoms with Crippen molar-refractivity contribution in [2.24, 2.45) is 0 Å². The molecule has 0 atom stereocenters. The van der Waals surface area contributed by atoms with E-state index in [1.165, 1.54) is 30.3 Å². The number of nitrogens with one attached hydrogen (secondary N) is 1. The van der Waals surface area contributed by atoms with E-state index in [4.69, 9.17) is 23.2 Å². The second-order valence-corrected chi connectivity index (χ2v) is 7.31. The predicted octanol–water partition coefficient (Wildman–Crippen LogP) is 4.76. The monoisotopic (exact) mass is 419 g/mol. The van der Waals surface area contributed by atoms with Crippen LogP contribution in [0.25, 0.3) is 11.4 Å². The number of fused-ring (bicyclic) bond motifs is 1. The Kier molecular flexibility index (Phi) is 5.28. The summed E-state index contributed by atoms with van der Waals surface area (Å²) in [7, 11) is 0. The molecular formula is C19H16Cl2FN5O. The van der Waals surface area contributed by atoms with Crippen LogP contribution in [-0.4, -0.2) is 25.7 Å². The summed E-state index contributed by atoms with van der Waals surface area (Å²) in [6.45, 7) is 0.746. The number of aromatic nitrogens is 4. The molecule has 0 spiro atoms. The number of aryl methyl sites for hydroxylation is 1. The minimum absolute atomic E-state index is 0.00335. The van der Waals surface area contributed by atoms with Gasteiger partial charge in [-0.2, -0.15) is 0 Å². The molecule has 0 aliphatic carbocycles. The maximum atomic E-state index is 14.5. The molecule has 1 N–H and O–H groups in total. The molecule has 1 amide bonds. The molecule has 1 aromatic carbocycles. The zero-order valence-corrected chi connectivity index (χ0v) is 16.3. The van der Waals surface area contributed by atoms with Gasteiger partial charge in [0.25, 0.3) is 5.91 Å². The predicted molar refractivity (Wildman–Crippen MR) is 105 cm³/mol. The summed E-state index contributed by atoms with van der Waals surface area (Å²) < 4.78 is 16.5. The van der Waals surface area contributed by atoms with Crippen molar-refractivity contribution in [1.82, 2.24) is 19.7 Å². The van der Waals surface area contributed by atoms with Crippen molar-refractivity contribution in [3.8, 4) is 11.4 Å². The molecule has 6 nitrogen and oxygen atoms in total. The Labute approximate surface area is 170 Å². The number of hydrogen-bond acceptors (Lipinski definition) is 4. The highest BCUT2D eigenvalue weighted by atomic mass is 35.5. The minimum atomic E-state index is -0.537. The Morgan fingerprint density at radius 2 is 1.96 bits per heavy atom. The molecule has 3 aromatic rings. The van der Waals surface area contributed by atoms with Gasteiger partial charge in [-0.3, -0.25) is 4.79 Å². The standard InChI is InChI=1S/C19H16Cl2FN5O/c20-13-6-8-15(21)24-17(13)19(28)23-11-5-7-14(22)12(10-11)18-26-25-16-4-2-1-3-9-27(16)18/h5-8,10H,1-4,9H2,(H,23,28). The molecule has 0 saturated carbocycles. The van der Waals surface area contributed by atoms with E-state index in [1.807, 2.05) is 4.57 Å². The highest BCUT2D eigenvalue weighted by Crippen LogP contribution is 2.28. The van der Waals surface area contributed by atoms with Crippen LogP contribution in [0.5, 0.6) is 0 Å². The van der Waals surface area contributed by atoms with Crippen LogP contribution < -0.4 is 5.32 Å². The Morgan fingerprint density at radius 3 is 2.82 bits per heavy atom. The molecule has 0 bridgehead atoms. The number of nitrogens with zero attached hydrogens (tertiary/aromatic N) is 4. The first kappa shape index (κ1) is 18.8. The molecule has 3 heterocycles. The molecule has 1 aliphatic heterocycles. The van der Waals surface area contributed by atoms with Crippen LogP contribution in [-0.2, 0) is 13.0 Å². The first-order chi connectivity index (χ1) is 13.5. The van der Waals surface area contributed by atoms with E-state index in [0.29, 0.717) is 11.5 Å². The largest absolute Gasteiger partial charge is 0.321 e. The highest BCUT2D eigenvalue weighted by Gasteiger charge is 2.20. The summed E-state index contributed by atoms with van der Waals surface area (Å²) in [5, 5.41) is 11.4. The van der Waals surface area contributed by atoms with Gasteiger partial charge in [-0.05, 0) is 43.2 Å². The fourth-order valence-electron chi connectivity index (χ4n) is 3.23. The van der Waals surface area contributed by atoms with Gasteiger partial charge in [0.15, 0.2) is 5.82 Å².